The van der Waals surface area contributed by atoms with Crippen molar-refractivity contribution in [3.8, 4) is 0 Å². The fourth-order valence-corrected chi connectivity index (χ4v) is 1.69. The summed E-state index contributed by atoms with van der Waals surface area (Å²) in [6.07, 6.45) is 1.21. The molecular weight excluding hydrogens is 233 g/mol. The topological polar surface area (TPSA) is 38.3 Å². The zero-order chi connectivity index (χ0) is 13.4. The third kappa shape index (κ3) is 4.84. The van der Waals surface area contributed by atoms with Crippen LogP contribution in [-0.4, -0.2) is 26.2 Å². The number of amides is 1. The van der Waals surface area contributed by atoms with Crippen LogP contribution in [0, 0.1) is 11.7 Å². The predicted molar refractivity (Wildman–Crippen MR) is 68.8 cm³/mol. The SMILES string of the molecule is COCCCNC(=O)C(C)Cc1ccccc1F. The van der Waals surface area contributed by atoms with E-state index in [0.717, 1.165) is 6.42 Å². The minimum atomic E-state index is -0.253. The molecule has 3 nitrogen and oxygen atoms in total. The van der Waals surface area contributed by atoms with Gasteiger partial charge < -0.3 is 10.1 Å². The van der Waals surface area contributed by atoms with Gasteiger partial charge in [0, 0.05) is 26.2 Å². The van der Waals surface area contributed by atoms with Crippen molar-refractivity contribution in [3.63, 3.8) is 0 Å². The zero-order valence-electron chi connectivity index (χ0n) is 10.9. The summed E-state index contributed by atoms with van der Waals surface area (Å²) in [6.45, 7) is 3.02. The number of benzene rings is 1. The molecule has 0 aromatic heterocycles. The van der Waals surface area contributed by atoms with Gasteiger partial charge in [-0.2, -0.15) is 0 Å². The van der Waals surface area contributed by atoms with Gasteiger partial charge in [-0.1, -0.05) is 25.1 Å². The van der Waals surface area contributed by atoms with E-state index in [1.165, 1.54) is 6.07 Å². The Hall–Kier alpha value is -1.42. The second-order valence-electron chi connectivity index (χ2n) is 4.33. The fourth-order valence-electron chi connectivity index (χ4n) is 1.69. The average molecular weight is 253 g/mol. The molecule has 100 valence electrons. The molecule has 18 heavy (non-hydrogen) atoms. The molecule has 4 heteroatoms. The van der Waals surface area contributed by atoms with Crippen LogP contribution in [0.2, 0.25) is 0 Å². The van der Waals surface area contributed by atoms with Crippen molar-refractivity contribution >= 4 is 5.91 Å². The van der Waals surface area contributed by atoms with Gasteiger partial charge >= 0.3 is 0 Å². The molecule has 0 spiro atoms. The second kappa shape index (κ2) is 7.82. The lowest BCUT2D eigenvalue weighted by atomic mass is 10.00. The molecule has 0 fully saturated rings. The van der Waals surface area contributed by atoms with Gasteiger partial charge in [0.2, 0.25) is 5.91 Å². The van der Waals surface area contributed by atoms with Crippen molar-refractivity contribution in [2.24, 2.45) is 5.92 Å². The first-order chi connectivity index (χ1) is 8.65. The van der Waals surface area contributed by atoms with E-state index >= 15 is 0 Å². The minimum Gasteiger partial charge on any atom is -0.385 e. The van der Waals surface area contributed by atoms with E-state index in [1.54, 1.807) is 32.2 Å². The maximum Gasteiger partial charge on any atom is 0.223 e. The summed E-state index contributed by atoms with van der Waals surface area (Å²) in [5.41, 5.74) is 0.581. The summed E-state index contributed by atoms with van der Waals surface area (Å²) < 4.78 is 18.3. The van der Waals surface area contributed by atoms with Crippen molar-refractivity contribution in [2.45, 2.75) is 19.8 Å². The monoisotopic (exact) mass is 253 g/mol. The van der Waals surface area contributed by atoms with Crippen molar-refractivity contribution in [1.82, 2.24) is 5.32 Å². The first-order valence-corrected chi connectivity index (χ1v) is 6.15. The number of halogens is 1. The first-order valence-electron chi connectivity index (χ1n) is 6.15. The third-order valence-corrected chi connectivity index (χ3v) is 2.76. The summed E-state index contributed by atoms with van der Waals surface area (Å²) in [5.74, 6) is -0.532. The molecule has 1 amide bonds. The predicted octanol–water partition coefficient (Wildman–Crippen LogP) is 2.16. The molecule has 0 aliphatic heterocycles. The maximum atomic E-state index is 13.4. The standard InChI is InChI=1S/C14H20FNO2/c1-11(14(17)16-8-5-9-18-2)10-12-6-3-4-7-13(12)15/h3-4,6-7,11H,5,8-10H2,1-2H3,(H,16,17). The molecule has 1 unspecified atom stereocenters. The number of carbonyl (C=O) groups is 1. The van der Waals surface area contributed by atoms with E-state index in [9.17, 15) is 9.18 Å². The lowest BCUT2D eigenvalue weighted by molar-refractivity contribution is -0.124. The molecule has 1 atom stereocenters. The number of rotatable bonds is 7. The molecule has 0 saturated heterocycles. The van der Waals surface area contributed by atoms with E-state index in [1.807, 2.05) is 0 Å². The highest BCUT2D eigenvalue weighted by atomic mass is 19.1. The highest BCUT2D eigenvalue weighted by Gasteiger charge is 2.14. The number of ether oxygens (including phenoxy) is 1. The number of carbonyl (C=O) groups excluding carboxylic acids is 1. The average Bonchev–Trinajstić information content (AvgIpc) is 2.37. The Morgan fingerprint density at radius 1 is 1.44 bits per heavy atom. The van der Waals surface area contributed by atoms with Gasteiger partial charge in [-0.05, 0) is 24.5 Å². The van der Waals surface area contributed by atoms with E-state index in [4.69, 9.17) is 4.74 Å². The van der Waals surface area contributed by atoms with Crippen molar-refractivity contribution in [2.75, 3.05) is 20.3 Å². The van der Waals surface area contributed by atoms with Crippen LogP contribution < -0.4 is 5.32 Å². The second-order valence-corrected chi connectivity index (χ2v) is 4.33. The Bertz CT molecular complexity index is 382. The van der Waals surface area contributed by atoms with E-state index in [0.29, 0.717) is 25.1 Å². The van der Waals surface area contributed by atoms with Crippen molar-refractivity contribution in [1.29, 1.82) is 0 Å². The fraction of sp³-hybridized carbons (Fsp3) is 0.500. The normalized spacial score (nSPS) is 12.2. The molecule has 1 N–H and O–H groups in total. The van der Waals surface area contributed by atoms with E-state index in [2.05, 4.69) is 5.32 Å². The molecule has 0 aliphatic rings. The Balaban J connectivity index is 2.38. The molecule has 1 rings (SSSR count). The van der Waals surface area contributed by atoms with Gasteiger partial charge in [-0.3, -0.25) is 4.79 Å². The lowest BCUT2D eigenvalue weighted by Crippen LogP contribution is -2.31. The van der Waals surface area contributed by atoms with Crippen LogP contribution in [-0.2, 0) is 16.0 Å². The minimum absolute atomic E-state index is 0.0469. The van der Waals surface area contributed by atoms with E-state index < -0.39 is 0 Å². The molecule has 1 aromatic carbocycles. The smallest absolute Gasteiger partial charge is 0.223 e. The molecular formula is C14H20FNO2. The van der Waals surface area contributed by atoms with Gasteiger partial charge in [0.15, 0.2) is 0 Å². The highest BCUT2D eigenvalue weighted by molar-refractivity contribution is 5.78. The number of hydrogen-bond donors (Lipinski definition) is 1. The Morgan fingerprint density at radius 3 is 2.83 bits per heavy atom. The summed E-state index contributed by atoms with van der Waals surface area (Å²) in [7, 11) is 1.63. The van der Waals surface area contributed by atoms with Crippen LogP contribution in [0.15, 0.2) is 24.3 Å². The molecule has 0 heterocycles. The van der Waals surface area contributed by atoms with Crippen LogP contribution in [0.4, 0.5) is 4.39 Å². The Kier molecular flexibility index (Phi) is 6.36. The third-order valence-electron chi connectivity index (χ3n) is 2.76. The first kappa shape index (κ1) is 14.6. The number of methoxy groups -OCH3 is 1. The zero-order valence-corrected chi connectivity index (χ0v) is 10.9. The van der Waals surface area contributed by atoms with E-state index in [-0.39, 0.29) is 17.6 Å². The van der Waals surface area contributed by atoms with Gasteiger partial charge in [0.25, 0.3) is 0 Å². The maximum absolute atomic E-state index is 13.4. The quantitative estimate of drug-likeness (QED) is 0.756. The lowest BCUT2D eigenvalue weighted by Gasteiger charge is -2.12. The van der Waals surface area contributed by atoms with Gasteiger partial charge in [0.1, 0.15) is 5.82 Å². The van der Waals surface area contributed by atoms with Gasteiger partial charge in [-0.15, -0.1) is 0 Å². The van der Waals surface area contributed by atoms with Crippen LogP contribution in [0.3, 0.4) is 0 Å². The van der Waals surface area contributed by atoms with Crippen LogP contribution >= 0.6 is 0 Å². The van der Waals surface area contributed by atoms with Gasteiger partial charge in [-0.25, -0.2) is 4.39 Å². The molecule has 0 radical (unpaired) electrons. The molecule has 0 bridgehead atoms. The molecule has 0 saturated carbocycles. The number of hydrogen-bond acceptors (Lipinski definition) is 2. The molecule has 0 aliphatic carbocycles. The summed E-state index contributed by atoms with van der Waals surface area (Å²) in [4.78, 5) is 11.7. The van der Waals surface area contributed by atoms with Crippen LogP contribution in [0.5, 0.6) is 0 Å². The van der Waals surface area contributed by atoms with Crippen molar-refractivity contribution < 1.29 is 13.9 Å². The highest BCUT2D eigenvalue weighted by Crippen LogP contribution is 2.12. The van der Waals surface area contributed by atoms with Crippen LogP contribution in [0.25, 0.3) is 0 Å². The Morgan fingerprint density at radius 2 is 2.17 bits per heavy atom. The summed E-state index contributed by atoms with van der Waals surface area (Å²) >= 11 is 0. The summed E-state index contributed by atoms with van der Waals surface area (Å²) in [6, 6.07) is 6.55. The number of nitrogens with one attached hydrogen (secondary N) is 1. The largest absolute Gasteiger partial charge is 0.385 e. The molecule has 1 aromatic rings. The van der Waals surface area contributed by atoms with Crippen molar-refractivity contribution in [3.05, 3.63) is 35.6 Å². The van der Waals surface area contributed by atoms with Gasteiger partial charge in [0.05, 0.1) is 0 Å². The summed E-state index contributed by atoms with van der Waals surface area (Å²) in [5, 5.41) is 2.82. The Labute approximate surface area is 107 Å². The van der Waals surface area contributed by atoms with Crippen LogP contribution in [0.1, 0.15) is 18.9 Å².